The van der Waals surface area contributed by atoms with Gasteiger partial charge in [0.2, 0.25) is 0 Å². The fourth-order valence-electron chi connectivity index (χ4n) is 1.39. The quantitative estimate of drug-likeness (QED) is 0.878. The number of carbonyl (C=O) groups excluding carboxylic acids is 1. The highest BCUT2D eigenvalue weighted by atomic mass is 79.9. The third-order valence-corrected chi connectivity index (χ3v) is 2.95. The first-order valence-corrected chi connectivity index (χ1v) is 6.25. The van der Waals surface area contributed by atoms with Crippen molar-refractivity contribution in [2.45, 2.75) is 25.9 Å². The van der Waals surface area contributed by atoms with Crippen LogP contribution in [0.25, 0.3) is 0 Å². The normalized spacial score (nSPS) is 12.2. The summed E-state index contributed by atoms with van der Waals surface area (Å²) in [5.74, 6) is -0.863. The molecule has 0 fully saturated rings. The number of amides is 1. The van der Waals surface area contributed by atoms with E-state index < -0.39 is 11.9 Å². The Bertz CT molecular complexity index is 398. The van der Waals surface area contributed by atoms with Crippen LogP contribution in [0.4, 0.5) is 4.39 Å². The van der Waals surface area contributed by atoms with E-state index in [0.29, 0.717) is 10.9 Å². The van der Waals surface area contributed by atoms with E-state index in [1.807, 2.05) is 6.92 Å². The molecule has 0 saturated heterocycles. The Morgan fingerprint density at radius 2 is 2.29 bits per heavy atom. The van der Waals surface area contributed by atoms with Gasteiger partial charge in [-0.05, 0) is 40.5 Å². The Morgan fingerprint density at radius 1 is 1.59 bits per heavy atom. The van der Waals surface area contributed by atoms with E-state index in [9.17, 15) is 14.3 Å². The molecule has 1 aromatic carbocycles. The van der Waals surface area contributed by atoms with Gasteiger partial charge >= 0.3 is 0 Å². The number of hydrogen-bond acceptors (Lipinski definition) is 2. The largest absolute Gasteiger partial charge is 0.391 e. The molecule has 2 N–H and O–H groups in total. The van der Waals surface area contributed by atoms with Crippen molar-refractivity contribution in [1.82, 2.24) is 5.32 Å². The van der Waals surface area contributed by atoms with E-state index in [1.165, 1.54) is 12.1 Å². The molecule has 0 saturated carbocycles. The van der Waals surface area contributed by atoms with Crippen LogP contribution in [0.2, 0.25) is 0 Å². The molecule has 0 aromatic heterocycles. The maximum atomic E-state index is 13.2. The Morgan fingerprint density at radius 3 is 2.88 bits per heavy atom. The summed E-state index contributed by atoms with van der Waals surface area (Å²) in [6, 6.07) is 4.16. The Labute approximate surface area is 108 Å². The average molecular weight is 304 g/mol. The summed E-state index contributed by atoms with van der Waals surface area (Å²) in [4.78, 5) is 11.6. The van der Waals surface area contributed by atoms with Crippen molar-refractivity contribution in [2.24, 2.45) is 0 Å². The van der Waals surface area contributed by atoms with Gasteiger partial charge in [-0.1, -0.05) is 13.3 Å². The second kappa shape index (κ2) is 6.71. The fourth-order valence-corrected chi connectivity index (χ4v) is 1.63. The van der Waals surface area contributed by atoms with Gasteiger partial charge < -0.3 is 10.4 Å². The van der Waals surface area contributed by atoms with Crippen LogP contribution < -0.4 is 5.32 Å². The molecule has 0 radical (unpaired) electrons. The first kappa shape index (κ1) is 14.1. The Hall–Kier alpha value is -0.940. The van der Waals surface area contributed by atoms with Gasteiger partial charge in [0.1, 0.15) is 5.82 Å². The van der Waals surface area contributed by atoms with E-state index in [1.54, 1.807) is 0 Å². The van der Waals surface area contributed by atoms with Crippen molar-refractivity contribution in [3.05, 3.63) is 34.1 Å². The second-order valence-electron chi connectivity index (χ2n) is 3.78. The van der Waals surface area contributed by atoms with Crippen LogP contribution in [0.3, 0.4) is 0 Å². The van der Waals surface area contributed by atoms with Gasteiger partial charge in [0, 0.05) is 12.1 Å². The third-order valence-electron chi connectivity index (χ3n) is 2.30. The summed E-state index contributed by atoms with van der Waals surface area (Å²) in [6.45, 7) is 2.14. The molecule has 0 bridgehead atoms. The van der Waals surface area contributed by atoms with Crippen LogP contribution in [-0.4, -0.2) is 23.7 Å². The molecular formula is C12H15BrFNO2. The highest BCUT2D eigenvalue weighted by Crippen LogP contribution is 2.16. The van der Waals surface area contributed by atoms with Crippen LogP contribution in [0.5, 0.6) is 0 Å². The van der Waals surface area contributed by atoms with E-state index in [-0.39, 0.29) is 18.0 Å². The topological polar surface area (TPSA) is 49.3 Å². The third kappa shape index (κ3) is 4.44. The van der Waals surface area contributed by atoms with Gasteiger partial charge in [-0.2, -0.15) is 0 Å². The summed E-state index contributed by atoms with van der Waals surface area (Å²) in [5, 5.41) is 12.0. The van der Waals surface area contributed by atoms with Crippen LogP contribution in [0.1, 0.15) is 30.1 Å². The first-order chi connectivity index (χ1) is 8.04. The number of nitrogens with one attached hydrogen (secondary N) is 1. The number of rotatable bonds is 5. The minimum Gasteiger partial charge on any atom is -0.391 e. The molecule has 3 nitrogen and oxygen atoms in total. The molecule has 1 atom stereocenters. The van der Waals surface area contributed by atoms with Crippen LogP contribution in [0, 0.1) is 5.82 Å². The molecule has 1 unspecified atom stereocenters. The Balaban J connectivity index is 2.55. The highest BCUT2D eigenvalue weighted by molar-refractivity contribution is 9.10. The van der Waals surface area contributed by atoms with Crippen molar-refractivity contribution >= 4 is 21.8 Å². The molecule has 1 aromatic rings. The summed E-state index contributed by atoms with van der Waals surface area (Å²) in [6.07, 6.45) is 0.933. The lowest BCUT2D eigenvalue weighted by atomic mass is 10.2. The van der Waals surface area contributed by atoms with Gasteiger partial charge in [0.05, 0.1) is 10.6 Å². The van der Waals surface area contributed by atoms with Gasteiger partial charge in [-0.25, -0.2) is 4.39 Å². The van der Waals surface area contributed by atoms with Gasteiger partial charge in [-0.15, -0.1) is 0 Å². The Kier molecular flexibility index (Phi) is 5.58. The fraction of sp³-hybridized carbons (Fsp3) is 0.417. The molecule has 0 aliphatic heterocycles. The lowest BCUT2D eigenvalue weighted by Crippen LogP contribution is -2.32. The van der Waals surface area contributed by atoms with Crippen molar-refractivity contribution in [3.8, 4) is 0 Å². The number of halogens is 2. The van der Waals surface area contributed by atoms with Gasteiger partial charge in [0.25, 0.3) is 5.91 Å². The minimum absolute atomic E-state index is 0.185. The van der Waals surface area contributed by atoms with Gasteiger partial charge in [-0.3, -0.25) is 4.79 Å². The number of benzene rings is 1. The molecule has 94 valence electrons. The molecule has 0 aliphatic rings. The SMILES string of the molecule is CCCC(O)CNC(=O)c1ccc(Br)c(F)c1. The standard InChI is InChI=1S/C12H15BrFNO2/c1-2-3-9(16)7-15-12(17)8-4-5-10(13)11(14)6-8/h4-6,9,16H,2-3,7H2,1H3,(H,15,17). The number of aliphatic hydroxyl groups excluding tert-OH is 1. The van der Waals surface area contributed by atoms with Crippen LogP contribution in [0.15, 0.2) is 22.7 Å². The maximum Gasteiger partial charge on any atom is 0.251 e. The zero-order valence-electron chi connectivity index (χ0n) is 9.54. The van der Waals surface area contributed by atoms with E-state index in [2.05, 4.69) is 21.2 Å². The maximum absolute atomic E-state index is 13.2. The zero-order valence-corrected chi connectivity index (χ0v) is 11.1. The molecule has 0 spiro atoms. The van der Waals surface area contributed by atoms with Crippen molar-refractivity contribution < 1.29 is 14.3 Å². The summed E-state index contributed by atoms with van der Waals surface area (Å²) in [5.41, 5.74) is 0.245. The van der Waals surface area contributed by atoms with Crippen molar-refractivity contribution in [1.29, 1.82) is 0 Å². The molecule has 0 heterocycles. The highest BCUT2D eigenvalue weighted by Gasteiger charge is 2.10. The molecule has 5 heteroatoms. The summed E-state index contributed by atoms with van der Waals surface area (Å²) >= 11 is 3.01. The molecular weight excluding hydrogens is 289 g/mol. The smallest absolute Gasteiger partial charge is 0.251 e. The predicted octanol–water partition coefficient (Wildman–Crippen LogP) is 2.48. The van der Waals surface area contributed by atoms with Gasteiger partial charge in [0.15, 0.2) is 0 Å². The van der Waals surface area contributed by atoms with Crippen molar-refractivity contribution in [3.63, 3.8) is 0 Å². The molecule has 17 heavy (non-hydrogen) atoms. The van der Waals surface area contributed by atoms with Crippen LogP contribution in [-0.2, 0) is 0 Å². The lowest BCUT2D eigenvalue weighted by Gasteiger charge is -2.10. The molecule has 0 aliphatic carbocycles. The lowest BCUT2D eigenvalue weighted by molar-refractivity contribution is 0.0909. The summed E-state index contributed by atoms with van der Waals surface area (Å²) in [7, 11) is 0. The number of hydrogen-bond donors (Lipinski definition) is 2. The minimum atomic E-state index is -0.552. The first-order valence-electron chi connectivity index (χ1n) is 5.46. The number of aliphatic hydroxyl groups is 1. The van der Waals surface area contributed by atoms with E-state index >= 15 is 0 Å². The van der Waals surface area contributed by atoms with Crippen LogP contribution >= 0.6 is 15.9 Å². The second-order valence-corrected chi connectivity index (χ2v) is 4.64. The zero-order chi connectivity index (χ0) is 12.8. The average Bonchev–Trinajstić information content (AvgIpc) is 2.30. The van der Waals surface area contributed by atoms with E-state index in [0.717, 1.165) is 12.5 Å². The summed E-state index contributed by atoms with van der Waals surface area (Å²) < 4.78 is 13.5. The molecule has 1 rings (SSSR count). The monoisotopic (exact) mass is 303 g/mol. The number of carbonyl (C=O) groups is 1. The molecule has 1 amide bonds. The van der Waals surface area contributed by atoms with Crippen molar-refractivity contribution in [2.75, 3.05) is 6.54 Å². The van der Waals surface area contributed by atoms with E-state index in [4.69, 9.17) is 0 Å². The predicted molar refractivity (Wildman–Crippen MR) is 67.3 cm³/mol.